The molecular weight excluding hydrogens is 252 g/mol. The third-order valence-corrected chi connectivity index (χ3v) is 4.01. The van der Waals surface area contributed by atoms with Gasteiger partial charge in [0.2, 0.25) is 0 Å². The van der Waals surface area contributed by atoms with E-state index in [9.17, 15) is 0 Å². The Balaban J connectivity index is 1.74. The molecule has 2 heterocycles. The molecule has 0 aliphatic carbocycles. The van der Waals surface area contributed by atoms with Crippen molar-refractivity contribution in [3.05, 3.63) is 17.5 Å². The molecule has 0 spiro atoms. The van der Waals surface area contributed by atoms with Crippen molar-refractivity contribution in [2.75, 3.05) is 33.7 Å². The molecule has 0 radical (unpaired) electrons. The summed E-state index contributed by atoms with van der Waals surface area (Å²) in [5.41, 5.74) is 1.01. The molecule has 0 aromatic carbocycles. The highest BCUT2D eigenvalue weighted by molar-refractivity contribution is 5.05. The van der Waals surface area contributed by atoms with Gasteiger partial charge in [-0.25, -0.2) is 0 Å². The zero-order valence-corrected chi connectivity index (χ0v) is 13.1. The Hall–Kier alpha value is -0.910. The lowest BCUT2D eigenvalue weighted by Gasteiger charge is -2.34. The first-order valence-electron chi connectivity index (χ1n) is 7.73. The van der Waals surface area contributed by atoms with Gasteiger partial charge in [0, 0.05) is 31.7 Å². The van der Waals surface area contributed by atoms with Crippen LogP contribution in [0.25, 0.3) is 0 Å². The normalized spacial score (nSPS) is 18.0. The Labute approximate surface area is 122 Å². The van der Waals surface area contributed by atoms with Crippen molar-refractivity contribution >= 4 is 0 Å². The largest absolute Gasteiger partial charge is 0.360 e. The van der Waals surface area contributed by atoms with Gasteiger partial charge < -0.3 is 14.7 Å². The van der Waals surface area contributed by atoms with Gasteiger partial charge in [0.05, 0.1) is 12.2 Å². The van der Waals surface area contributed by atoms with Gasteiger partial charge in [0.15, 0.2) is 5.76 Å². The third kappa shape index (κ3) is 4.58. The molecule has 1 aliphatic rings. The van der Waals surface area contributed by atoms with Crippen LogP contribution >= 0.6 is 0 Å². The predicted octanol–water partition coefficient (Wildman–Crippen LogP) is 1.70. The molecule has 1 aromatic rings. The zero-order valence-electron chi connectivity index (χ0n) is 13.1. The SMILES string of the molecule is CCCNCc1cc(CN2CCC(N(C)C)CC2)on1. The van der Waals surface area contributed by atoms with Crippen molar-refractivity contribution in [1.82, 2.24) is 20.3 Å². The smallest absolute Gasteiger partial charge is 0.151 e. The van der Waals surface area contributed by atoms with E-state index in [4.69, 9.17) is 4.52 Å². The minimum atomic E-state index is 0.731. The van der Waals surface area contributed by atoms with Crippen LogP contribution in [0.4, 0.5) is 0 Å². The first-order chi connectivity index (χ1) is 9.69. The second-order valence-electron chi connectivity index (χ2n) is 5.93. The fourth-order valence-corrected chi connectivity index (χ4v) is 2.72. The molecule has 0 saturated carbocycles. The first kappa shape index (κ1) is 15.5. The maximum Gasteiger partial charge on any atom is 0.151 e. The minimum Gasteiger partial charge on any atom is -0.360 e. The van der Waals surface area contributed by atoms with Gasteiger partial charge in [-0.3, -0.25) is 4.90 Å². The lowest BCUT2D eigenvalue weighted by molar-refractivity contribution is 0.131. The summed E-state index contributed by atoms with van der Waals surface area (Å²) in [7, 11) is 4.35. The van der Waals surface area contributed by atoms with E-state index in [0.29, 0.717) is 0 Å². The van der Waals surface area contributed by atoms with Crippen molar-refractivity contribution < 1.29 is 4.52 Å². The molecule has 2 rings (SSSR count). The van der Waals surface area contributed by atoms with E-state index in [1.54, 1.807) is 0 Å². The average Bonchev–Trinajstić information content (AvgIpc) is 2.87. The molecule has 1 aromatic heterocycles. The number of piperidine rings is 1. The molecule has 0 unspecified atom stereocenters. The van der Waals surface area contributed by atoms with Crippen LogP contribution in [0, 0.1) is 0 Å². The van der Waals surface area contributed by atoms with E-state index in [2.05, 4.69) is 47.4 Å². The summed E-state index contributed by atoms with van der Waals surface area (Å²) in [6, 6.07) is 2.82. The summed E-state index contributed by atoms with van der Waals surface area (Å²) in [6.07, 6.45) is 3.63. The highest BCUT2D eigenvalue weighted by atomic mass is 16.5. The Morgan fingerprint density at radius 3 is 2.80 bits per heavy atom. The van der Waals surface area contributed by atoms with E-state index in [1.165, 1.54) is 12.8 Å². The third-order valence-electron chi connectivity index (χ3n) is 4.01. The highest BCUT2D eigenvalue weighted by Crippen LogP contribution is 2.17. The number of likely N-dealkylation sites (tertiary alicyclic amines) is 1. The van der Waals surface area contributed by atoms with Crippen molar-refractivity contribution in [1.29, 1.82) is 0 Å². The topological polar surface area (TPSA) is 44.5 Å². The molecule has 5 nitrogen and oxygen atoms in total. The molecule has 1 fully saturated rings. The summed E-state index contributed by atoms with van der Waals surface area (Å²) >= 11 is 0. The van der Waals surface area contributed by atoms with E-state index < -0.39 is 0 Å². The Kier molecular flexibility index (Phi) is 6.01. The Morgan fingerprint density at radius 1 is 1.40 bits per heavy atom. The number of rotatable bonds is 7. The number of aromatic nitrogens is 1. The molecule has 0 amide bonds. The Bertz CT molecular complexity index is 383. The molecule has 114 valence electrons. The molecule has 0 atom stereocenters. The number of nitrogens with one attached hydrogen (secondary N) is 1. The summed E-state index contributed by atoms with van der Waals surface area (Å²) in [5, 5.41) is 7.47. The van der Waals surface area contributed by atoms with Crippen molar-refractivity contribution in [3.63, 3.8) is 0 Å². The molecular formula is C15H28N4O. The second kappa shape index (κ2) is 7.76. The van der Waals surface area contributed by atoms with E-state index >= 15 is 0 Å². The fraction of sp³-hybridized carbons (Fsp3) is 0.800. The van der Waals surface area contributed by atoms with Crippen LogP contribution in [0.15, 0.2) is 10.6 Å². The summed E-state index contributed by atoms with van der Waals surface area (Å²) in [5.74, 6) is 0.988. The number of hydrogen-bond donors (Lipinski definition) is 1. The van der Waals surface area contributed by atoms with E-state index in [1.807, 2.05) is 0 Å². The second-order valence-corrected chi connectivity index (χ2v) is 5.93. The molecule has 0 bridgehead atoms. The van der Waals surface area contributed by atoms with Gasteiger partial charge >= 0.3 is 0 Å². The lowest BCUT2D eigenvalue weighted by Crippen LogP contribution is -2.41. The van der Waals surface area contributed by atoms with Crippen LogP contribution in [0.1, 0.15) is 37.6 Å². The maximum atomic E-state index is 5.43. The van der Waals surface area contributed by atoms with Crippen LogP contribution in [0.2, 0.25) is 0 Å². The number of hydrogen-bond acceptors (Lipinski definition) is 5. The fourth-order valence-electron chi connectivity index (χ4n) is 2.72. The van der Waals surface area contributed by atoms with Gasteiger partial charge in [0.1, 0.15) is 0 Å². The lowest BCUT2D eigenvalue weighted by atomic mass is 10.0. The van der Waals surface area contributed by atoms with Gasteiger partial charge in [-0.05, 0) is 39.9 Å². The van der Waals surface area contributed by atoms with Crippen LogP contribution in [-0.2, 0) is 13.1 Å². The standard InChI is InChI=1S/C15H28N4O/c1-4-7-16-11-13-10-15(20-17-13)12-19-8-5-14(6-9-19)18(2)3/h10,14,16H,4-9,11-12H2,1-3H3. The van der Waals surface area contributed by atoms with Crippen LogP contribution < -0.4 is 5.32 Å². The van der Waals surface area contributed by atoms with E-state index in [-0.39, 0.29) is 0 Å². The van der Waals surface area contributed by atoms with Crippen LogP contribution in [0.5, 0.6) is 0 Å². The molecule has 1 aliphatic heterocycles. The molecule has 5 heteroatoms. The van der Waals surface area contributed by atoms with E-state index in [0.717, 1.165) is 56.6 Å². The quantitative estimate of drug-likeness (QED) is 0.770. The predicted molar refractivity (Wildman–Crippen MR) is 80.5 cm³/mol. The maximum absolute atomic E-state index is 5.43. The molecule has 1 N–H and O–H groups in total. The first-order valence-corrected chi connectivity index (χ1v) is 7.73. The summed E-state index contributed by atoms with van der Waals surface area (Å²) in [4.78, 5) is 4.80. The Morgan fingerprint density at radius 2 is 2.15 bits per heavy atom. The molecule has 20 heavy (non-hydrogen) atoms. The highest BCUT2D eigenvalue weighted by Gasteiger charge is 2.21. The van der Waals surface area contributed by atoms with Gasteiger partial charge in [-0.15, -0.1) is 0 Å². The van der Waals surface area contributed by atoms with Crippen molar-refractivity contribution in [2.24, 2.45) is 0 Å². The number of nitrogens with zero attached hydrogens (tertiary/aromatic N) is 3. The van der Waals surface area contributed by atoms with Crippen molar-refractivity contribution in [3.8, 4) is 0 Å². The van der Waals surface area contributed by atoms with Crippen molar-refractivity contribution in [2.45, 2.75) is 45.3 Å². The molecule has 1 saturated heterocycles. The van der Waals surface area contributed by atoms with Crippen LogP contribution in [-0.4, -0.2) is 54.7 Å². The summed E-state index contributed by atoms with van der Waals surface area (Å²) < 4.78 is 5.43. The van der Waals surface area contributed by atoms with Gasteiger partial charge in [-0.2, -0.15) is 0 Å². The minimum absolute atomic E-state index is 0.731. The average molecular weight is 280 g/mol. The monoisotopic (exact) mass is 280 g/mol. The van der Waals surface area contributed by atoms with Crippen LogP contribution in [0.3, 0.4) is 0 Å². The van der Waals surface area contributed by atoms with Gasteiger partial charge in [-0.1, -0.05) is 12.1 Å². The zero-order chi connectivity index (χ0) is 14.4. The summed E-state index contributed by atoms with van der Waals surface area (Å²) in [6.45, 7) is 7.18. The van der Waals surface area contributed by atoms with Gasteiger partial charge in [0.25, 0.3) is 0 Å².